The van der Waals surface area contributed by atoms with Crippen molar-refractivity contribution in [3.8, 4) is 0 Å². The maximum Gasteiger partial charge on any atom is 0.184 e. The van der Waals surface area contributed by atoms with E-state index in [-0.39, 0.29) is 12.2 Å². The smallest absolute Gasteiger partial charge is 0.184 e. The minimum atomic E-state index is -1.81. The number of unbranched alkanes of at least 4 members (excludes halogenated alkanes) is 1. The van der Waals surface area contributed by atoms with Crippen LogP contribution in [0.15, 0.2) is 35.4 Å². The van der Waals surface area contributed by atoms with Crippen molar-refractivity contribution in [3.63, 3.8) is 0 Å². The third-order valence-electron chi connectivity index (χ3n) is 3.34. The van der Waals surface area contributed by atoms with Crippen LogP contribution >= 0.6 is 23.2 Å². The minimum Gasteiger partial charge on any atom is -0.412 e. The number of alkyl halides is 1. The van der Waals surface area contributed by atoms with Crippen LogP contribution in [-0.2, 0) is 8.85 Å². The van der Waals surface area contributed by atoms with Gasteiger partial charge in [-0.1, -0.05) is 50.1 Å². The summed E-state index contributed by atoms with van der Waals surface area (Å²) in [6, 6.07) is 0. The molecule has 0 aromatic heterocycles. The predicted octanol–water partition coefficient (Wildman–Crippen LogP) is 7.09. The summed E-state index contributed by atoms with van der Waals surface area (Å²) < 4.78 is 13.1. The zero-order chi connectivity index (χ0) is 19.7. The topological polar surface area (TPSA) is 18.5 Å². The molecule has 0 unspecified atom stereocenters. The zero-order valence-corrected chi connectivity index (χ0v) is 20.5. The van der Waals surface area contributed by atoms with Gasteiger partial charge in [-0.2, -0.15) is 0 Å². The first kappa shape index (κ1) is 25.2. The summed E-state index contributed by atoms with van der Waals surface area (Å²) in [5.41, 5.74) is 0.906. The normalized spacial score (nSPS) is 16.7. The SMILES string of the molecule is C=C/C=C\C(Cl)=C(/CCl)[C@H](O[Si](C)(C)C)[C@H](CCCC)O[Si](C)(C)C. The molecule has 0 spiro atoms. The summed E-state index contributed by atoms with van der Waals surface area (Å²) in [6.45, 7) is 19.1. The molecule has 146 valence electrons. The van der Waals surface area contributed by atoms with E-state index in [1.54, 1.807) is 6.08 Å². The second kappa shape index (κ2) is 11.8. The Morgan fingerprint density at radius 2 is 1.64 bits per heavy atom. The maximum atomic E-state index is 6.55. The van der Waals surface area contributed by atoms with Crippen LogP contribution in [-0.4, -0.2) is 34.7 Å². The molecule has 0 fully saturated rings. The van der Waals surface area contributed by atoms with Crippen molar-refractivity contribution in [2.24, 2.45) is 0 Å². The lowest BCUT2D eigenvalue weighted by molar-refractivity contribution is 0.0587. The van der Waals surface area contributed by atoms with E-state index < -0.39 is 16.6 Å². The Kier molecular flexibility index (Phi) is 11.9. The van der Waals surface area contributed by atoms with Gasteiger partial charge in [-0.05, 0) is 57.4 Å². The summed E-state index contributed by atoms with van der Waals surface area (Å²) in [5.74, 6) is 0.327. The van der Waals surface area contributed by atoms with Crippen LogP contribution in [0, 0.1) is 0 Å². The van der Waals surface area contributed by atoms with E-state index in [9.17, 15) is 0 Å². The van der Waals surface area contributed by atoms with Gasteiger partial charge in [0.2, 0.25) is 0 Å². The van der Waals surface area contributed by atoms with Crippen LogP contribution in [0.3, 0.4) is 0 Å². The van der Waals surface area contributed by atoms with E-state index >= 15 is 0 Å². The Hall–Kier alpha value is 0.154. The van der Waals surface area contributed by atoms with E-state index in [4.69, 9.17) is 32.1 Å². The molecule has 0 N–H and O–H groups in total. The molecule has 0 rings (SSSR count). The lowest BCUT2D eigenvalue weighted by Gasteiger charge is -2.37. The lowest BCUT2D eigenvalue weighted by Crippen LogP contribution is -2.46. The first-order chi connectivity index (χ1) is 11.4. The second-order valence-electron chi connectivity index (χ2n) is 8.16. The van der Waals surface area contributed by atoms with Crippen molar-refractivity contribution >= 4 is 39.8 Å². The molecule has 25 heavy (non-hydrogen) atoms. The average Bonchev–Trinajstić information content (AvgIpc) is 2.46. The van der Waals surface area contributed by atoms with Crippen molar-refractivity contribution in [2.75, 3.05) is 5.88 Å². The monoisotopic (exact) mass is 422 g/mol. The molecule has 0 aliphatic heterocycles. The Bertz CT molecular complexity index is 463. The summed E-state index contributed by atoms with van der Waals surface area (Å²) in [4.78, 5) is 0. The fourth-order valence-corrected chi connectivity index (χ4v) is 5.24. The molecule has 0 radical (unpaired) electrons. The van der Waals surface area contributed by atoms with Crippen LogP contribution in [0.2, 0.25) is 39.3 Å². The molecule has 0 aromatic rings. The highest BCUT2D eigenvalue weighted by Crippen LogP contribution is 2.29. The summed E-state index contributed by atoms with van der Waals surface area (Å²) >= 11 is 12.9. The number of rotatable bonds is 12. The first-order valence-corrected chi connectivity index (χ1v) is 16.8. The fourth-order valence-electron chi connectivity index (χ4n) is 2.42. The van der Waals surface area contributed by atoms with E-state index in [2.05, 4.69) is 52.8 Å². The number of halogens is 2. The Morgan fingerprint density at radius 3 is 2.04 bits per heavy atom. The second-order valence-corrected chi connectivity index (χ2v) is 17.8. The molecular weight excluding hydrogens is 387 g/mol. The standard InChI is InChI=1S/C19H36Cl2O2Si2/c1-9-11-13-17(21)16(15-20)19(23-25(6,7)8)18(14-12-10-2)22-24(3,4)5/h9,11,13,18-19H,1,10,12,14-15H2,2-8H3/b13-11-,17-16-/t18-,19-/m0/s1. The van der Waals surface area contributed by atoms with Crippen LogP contribution in [0.25, 0.3) is 0 Å². The first-order valence-electron chi connectivity index (χ1n) is 9.04. The lowest BCUT2D eigenvalue weighted by atomic mass is 10.0. The predicted molar refractivity (Wildman–Crippen MR) is 119 cm³/mol. The van der Waals surface area contributed by atoms with Gasteiger partial charge in [0, 0.05) is 10.9 Å². The van der Waals surface area contributed by atoms with Crippen molar-refractivity contribution < 1.29 is 8.85 Å². The van der Waals surface area contributed by atoms with Crippen LogP contribution in [0.1, 0.15) is 26.2 Å². The quantitative estimate of drug-likeness (QED) is 0.189. The van der Waals surface area contributed by atoms with Gasteiger partial charge >= 0.3 is 0 Å². The molecule has 0 aliphatic rings. The van der Waals surface area contributed by atoms with Gasteiger partial charge in [0.15, 0.2) is 16.6 Å². The molecule has 0 heterocycles. The molecule has 0 amide bonds. The highest BCUT2D eigenvalue weighted by Gasteiger charge is 2.34. The molecule has 2 atom stereocenters. The molecule has 0 saturated carbocycles. The number of hydrogen-bond donors (Lipinski definition) is 0. The zero-order valence-electron chi connectivity index (χ0n) is 17.0. The average molecular weight is 424 g/mol. The highest BCUT2D eigenvalue weighted by atomic mass is 35.5. The molecule has 0 aromatic carbocycles. The van der Waals surface area contributed by atoms with E-state index in [1.165, 1.54) is 0 Å². The van der Waals surface area contributed by atoms with Crippen molar-refractivity contribution in [2.45, 2.75) is 77.7 Å². The van der Waals surface area contributed by atoms with Gasteiger partial charge in [0.05, 0.1) is 12.2 Å². The van der Waals surface area contributed by atoms with Gasteiger partial charge < -0.3 is 8.85 Å². The molecular formula is C19H36Cl2O2Si2. The maximum absolute atomic E-state index is 6.55. The summed E-state index contributed by atoms with van der Waals surface area (Å²) in [7, 11) is -3.55. The van der Waals surface area contributed by atoms with Gasteiger partial charge in [-0.25, -0.2) is 0 Å². The van der Waals surface area contributed by atoms with E-state index in [0.29, 0.717) is 10.9 Å². The molecule has 2 nitrogen and oxygen atoms in total. The fraction of sp³-hybridized carbons (Fsp3) is 0.684. The van der Waals surface area contributed by atoms with Crippen molar-refractivity contribution in [1.29, 1.82) is 0 Å². The third-order valence-corrected chi connectivity index (χ3v) is 5.97. The molecule has 0 saturated heterocycles. The van der Waals surface area contributed by atoms with Gasteiger partial charge in [-0.15, -0.1) is 11.6 Å². The molecule has 0 aliphatic carbocycles. The third kappa shape index (κ3) is 11.5. The minimum absolute atomic E-state index is 0.0158. The number of allylic oxidation sites excluding steroid dienone is 4. The van der Waals surface area contributed by atoms with Gasteiger partial charge in [-0.3, -0.25) is 0 Å². The summed E-state index contributed by atoms with van der Waals surface area (Å²) in [5, 5.41) is 0.624. The van der Waals surface area contributed by atoms with E-state index in [0.717, 1.165) is 24.8 Å². The summed E-state index contributed by atoms with van der Waals surface area (Å²) in [6.07, 6.45) is 8.30. The van der Waals surface area contributed by atoms with E-state index in [1.807, 2.05) is 12.2 Å². The van der Waals surface area contributed by atoms with Crippen molar-refractivity contribution in [1.82, 2.24) is 0 Å². The van der Waals surface area contributed by atoms with Crippen LogP contribution < -0.4 is 0 Å². The Labute approximate surface area is 167 Å². The largest absolute Gasteiger partial charge is 0.412 e. The Balaban J connectivity index is 5.95. The number of hydrogen-bond acceptors (Lipinski definition) is 2. The van der Waals surface area contributed by atoms with Gasteiger partial charge in [0.25, 0.3) is 0 Å². The van der Waals surface area contributed by atoms with Crippen molar-refractivity contribution in [3.05, 3.63) is 35.4 Å². The van der Waals surface area contributed by atoms with Gasteiger partial charge in [0.1, 0.15) is 0 Å². The Morgan fingerprint density at radius 1 is 1.08 bits per heavy atom. The highest BCUT2D eigenvalue weighted by molar-refractivity contribution is 6.70. The molecule has 6 heteroatoms. The molecule has 0 bridgehead atoms. The van der Waals surface area contributed by atoms with Crippen LogP contribution in [0.5, 0.6) is 0 Å². The van der Waals surface area contributed by atoms with Crippen LogP contribution in [0.4, 0.5) is 0 Å².